The second-order valence-corrected chi connectivity index (χ2v) is 6.19. The smallest absolute Gasteiger partial charge is 0.315 e. The van der Waals surface area contributed by atoms with Crippen LogP contribution < -0.4 is 20.7 Å². The van der Waals surface area contributed by atoms with Gasteiger partial charge in [0.05, 0.1) is 12.9 Å². The lowest BCUT2D eigenvalue weighted by Gasteiger charge is -2.11. The molecule has 0 radical (unpaired) electrons. The summed E-state index contributed by atoms with van der Waals surface area (Å²) in [5, 5.41) is 8.10. The van der Waals surface area contributed by atoms with Crippen LogP contribution in [0.25, 0.3) is 0 Å². The van der Waals surface area contributed by atoms with E-state index >= 15 is 0 Å². The van der Waals surface area contributed by atoms with Crippen molar-refractivity contribution in [2.45, 2.75) is 20.4 Å². The molecule has 0 fully saturated rings. The lowest BCUT2D eigenvalue weighted by molar-refractivity contribution is 0.0926. The quantitative estimate of drug-likeness (QED) is 0.600. The van der Waals surface area contributed by atoms with Crippen LogP contribution in [0.1, 0.15) is 30.0 Å². The lowest BCUT2D eigenvalue weighted by atomic mass is 10.2. The van der Waals surface area contributed by atoms with E-state index in [0.29, 0.717) is 32.2 Å². The summed E-state index contributed by atoms with van der Waals surface area (Å²) in [7, 11) is 0. The monoisotopic (exact) mass is 359 g/mol. The number of furan rings is 1. The van der Waals surface area contributed by atoms with Crippen LogP contribution >= 0.6 is 0 Å². The van der Waals surface area contributed by atoms with Crippen molar-refractivity contribution in [1.29, 1.82) is 0 Å². The molecule has 0 saturated heterocycles. The first kappa shape index (κ1) is 19.4. The minimum atomic E-state index is -0.310. The van der Waals surface area contributed by atoms with E-state index in [1.54, 1.807) is 12.1 Å². The number of ether oxygens (including phenoxy) is 1. The average molecular weight is 359 g/mol. The molecule has 26 heavy (non-hydrogen) atoms. The number of hydrogen-bond acceptors (Lipinski definition) is 4. The van der Waals surface area contributed by atoms with Crippen molar-refractivity contribution in [3.05, 3.63) is 54.0 Å². The second-order valence-electron chi connectivity index (χ2n) is 6.19. The van der Waals surface area contributed by atoms with Crippen molar-refractivity contribution in [1.82, 2.24) is 16.0 Å². The van der Waals surface area contributed by atoms with Gasteiger partial charge in [-0.1, -0.05) is 26.0 Å². The van der Waals surface area contributed by atoms with E-state index in [1.807, 2.05) is 24.3 Å². The van der Waals surface area contributed by atoms with Crippen LogP contribution in [-0.4, -0.2) is 31.6 Å². The van der Waals surface area contributed by atoms with Crippen LogP contribution in [0.2, 0.25) is 0 Å². The van der Waals surface area contributed by atoms with Crippen molar-refractivity contribution in [3.8, 4) is 5.75 Å². The molecule has 2 rings (SSSR count). The van der Waals surface area contributed by atoms with E-state index in [4.69, 9.17) is 9.15 Å². The predicted octanol–water partition coefficient (Wildman–Crippen LogP) is 2.54. The van der Waals surface area contributed by atoms with Crippen LogP contribution in [0, 0.1) is 5.92 Å². The zero-order chi connectivity index (χ0) is 18.8. The van der Waals surface area contributed by atoms with Crippen molar-refractivity contribution in [3.63, 3.8) is 0 Å². The van der Waals surface area contributed by atoms with E-state index in [2.05, 4.69) is 29.8 Å². The van der Waals surface area contributed by atoms with E-state index in [0.717, 1.165) is 11.3 Å². The van der Waals surface area contributed by atoms with Gasteiger partial charge in [0.25, 0.3) is 5.91 Å². The number of rotatable bonds is 9. The molecule has 3 N–H and O–H groups in total. The molecule has 7 nitrogen and oxygen atoms in total. The molecule has 0 aliphatic heterocycles. The molecule has 0 bridgehead atoms. The Morgan fingerprint density at radius 1 is 1.08 bits per heavy atom. The number of hydrogen-bond donors (Lipinski definition) is 3. The molecule has 1 heterocycles. The summed E-state index contributed by atoms with van der Waals surface area (Å²) in [5.74, 6) is 1.18. The Bertz CT molecular complexity index is 699. The number of urea groups is 1. The molecule has 3 amide bonds. The fraction of sp³-hybridized carbons (Fsp3) is 0.368. The van der Waals surface area contributed by atoms with Gasteiger partial charge in [-0.2, -0.15) is 0 Å². The van der Waals surface area contributed by atoms with Gasteiger partial charge in [-0.3, -0.25) is 4.79 Å². The molecule has 0 aliphatic rings. The number of nitrogens with one attached hydrogen (secondary N) is 3. The van der Waals surface area contributed by atoms with Gasteiger partial charge in [0, 0.05) is 19.6 Å². The third kappa shape index (κ3) is 6.88. The largest absolute Gasteiger partial charge is 0.493 e. The zero-order valence-electron chi connectivity index (χ0n) is 15.1. The third-order valence-corrected chi connectivity index (χ3v) is 3.38. The fourth-order valence-electron chi connectivity index (χ4n) is 2.10. The molecule has 1 aromatic carbocycles. The number of amides is 3. The maximum atomic E-state index is 11.8. The summed E-state index contributed by atoms with van der Waals surface area (Å²) in [5.41, 5.74) is 0.951. The highest BCUT2D eigenvalue weighted by Gasteiger charge is 2.07. The normalized spacial score (nSPS) is 10.4. The third-order valence-electron chi connectivity index (χ3n) is 3.38. The molecular formula is C19H25N3O4. The Balaban J connectivity index is 1.64. The van der Waals surface area contributed by atoms with E-state index in [1.165, 1.54) is 6.26 Å². The van der Waals surface area contributed by atoms with Crippen molar-refractivity contribution >= 4 is 11.9 Å². The maximum Gasteiger partial charge on any atom is 0.315 e. The van der Waals surface area contributed by atoms with Gasteiger partial charge in [-0.15, -0.1) is 0 Å². The highest BCUT2D eigenvalue weighted by molar-refractivity contribution is 5.91. The first-order valence-electron chi connectivity index (χ1n) is 8.59. The van der Waals surface area contributed by atoms with E-state index in [9.17, 15) is 9.59 Å². The molecular weight excluding hydrogens is 334 g/mol. The summed E-state index contributed by atoms with van der Waals surface area (Å²) < 4.78 is 10.7. The zero-order valence-corrected chi connectivity index (χ0v) is 15.1. The minimum Gasteiger partial charge on any atom is -0.493 e. The van der Waals surface area contributed by atoms with Gasteiger partial charge >= 0.3 is 6.03 Å². The van der Waals surface area contributed by atoms with Gasteiger partial charge in [0.2, 0.25) is 0 Å². The lowest BCUT2D eigenvalue weighted by Crippen LogP contribution is -2.39. The standard InChI is InChI=1S/C19H25N3O4/c1-14(2)13-26-16-6-3-5-15(11-16)12-22-19(24)21-9-8-20-18(23)17-7-4-10-25-17/h3-7,10-11,14H,8-9,12-13H2,1-2H3,(H,20,23)(H2,21,22,24). The van der Waals surface area contributed by atoms with Crippen molar-refractivity contribution in [2.24, 2.45) is 5.92 Å². The van der Waals surface area contributed by atoms with E-state index in [-0.39, 0.29) is 17.7 Å². The number of carbonyl (C=O) groups is 2. The summed E-state index contributed by atoms with van der Waals surface area (Å²) >= 11 is 0. The summed E-state index contributed by atoms with van der Waals surface area (Å²) in [6.45, 7) is 5.85. The molecule has 0 spiro atoms. The molecule has 7 heteroatoms. The van der Waals surface area contributed by atoms with Crippen LogP contribution in [0.5, 0.6) is 5.75 Å². The van der Waals surface area contributed by atoms with Gasteiger partial charge in [-0.05, 0) is 35.7 Å². The van der Waals surface area contributed by atoms with Crippen molar-refractivity contribution in [2.75, 3.05) is 19.7 Å². The Morgan fingerprint density at radius 2 is 1.88 bits per heavy atom. The Morgan fingerprint density at radius 3 is 2.62 bits per heavy atom. The Kier molecular flexibility index (Phi) is 7.54. The first-order chi connectivity index (χ1) is 12.5. The highest BCUT2D eigenvalue weighted by Crippen LogP contribution is 2.14. The Labute approximate surface area is 153 Å². The molecule has 2 aromatic rings. The van der Waals surface area contributed by atoms with Crippen LogP contribution in [0.4, 0.5) is 4.79 Å². The maximum absolute atomic E-state index is 11.8. The molecule has 140 valence electrons. The Hall–Kier alpha value is -2.96. The van der Waals surface area contributed by atoms with Gasteiger partial charge < -0.3 is 25.1 Å². The van der Waals surface area contributed by atoms with Crippen LogP contribution in [0.3, 0.4) is 0 Å². The minimum absolute atomic E-state index is 0.244. The van der Waals surface area contributed by atoms with Crippen molar-refractivity contribution < 1.29 is 18.7 Å². The van der Waals surface area contributed by atoms with E-state index < -0.39 is 0 Å². The summed E-state index contributed by atoms with van der Waals surface area (Å²) in [6.07, 6.45) is 1.43. The van der Waals surface area contributed by atoms with Crippen LogP contribution in [0.15, 0.2) is 47.1 Å². The summed E-state index contributed by atoms with van der Waals surface area (Å²) in [4.78, 5) is 23.4. The highest BCUT2D eigenvalue weighted by atomic mass is 16.5. The number of carbonyl (C=O) groups excluding carboxylic acids is 2. The average Bonchev–Trinajstić information content (AvgIpc) is 3.17. The molecule has 1 aromatic heterocycles. The second kappa shape index (κ2) is 10.1. The fourth-order valence-corrected chi connectivity index (χ4v) is 2.10. The molecule has 0 saturated carbocycles. The van der Waals surface area contributed by atoms with Gasteiger partial charge in [0.15, 0.2) is 5.76 Å². The molecule has 0 aliphatic carbocycles. The summed E-state index contributed by atoms with van der Waals surface area (Å²) in [6, 6.07) is 10.5. The predicted molar refractivity (Wildman–Crippen MR) is 98.1 cm³/mol. The molecule has 0 atom stereocenters. The molecule has 0 unspecified atom stereocenters. The van der Waals surface area contributed by atoms with Crippen LogP contribution in [-0.2, 0) is 6.54 Å². The topological polar surface area (TPSA) is 92.6 Å². The SMILES string of the molecule is CC(C)COc1cccc(CNC(=O)NCCNC(=O)c2ccco2)c1. The van der Waals surface area contributed by atoms with Gasteiger partial charge in [0.1, 0.15) is 5.75 Å². The number of benzene rings is 1. The van der Waals surface area contributed by atoms with Gasteiger partial charge in [-0.25, -0.2) is 4.79 Å². The first-order valence-corrected chi connectivity index (χ1v) is 8.59.